The van der Waals surface area contributed by atoms with Gasteiger partial charge < -0.3 is 5.73 Å². The molecule has 1 rings (SSSR count). The fourth-order valence-corrected chi connectivity index (χ4v) is 1.46. The van der Waals surface area contributed by atoms with E-state index in [0.29, 0.717) is 18.6 Å². The quantitative estimate of drug-likeness (QED) is 0.691. The number of carbonyl (C=O) groups excluding carboxylic acids is 1. The summed E-state index contributed by atoms with van der Waals surface area (Å²) < 4.78 is 0. The Kier molecular flexibility index (Phi) is 5.63. The summed E-state index contributed by atoms with van der Waals surface area (Å²) in [5, 5.41) is 0. The summed E-state index contributed by atoms with van der Waals surface area (Å²) in [6.45, 7) is 0.721. The van der Waals surface area contributed by atoms with Gasteiger partial charge in [0.2, 0.25) is 0 Å². The minimum atomic E-state index is 0.304. The molecule has 82 valence electrons. The summed E-state index contributed by atoms with van der Waals surface area (Å²) in [5.74, 6) is 0.304. The van der Waals surface area contributed by atoms with Crippen LogP contribution in [-0.2, 0) is 11.2 Å². The number of carbonyl (C=O) groups is 1. The molecule has 3 heteroatoms. The second-order valence-electron chi connectivity index (χ2n) is 3.67. The van der Waals surface area contributed by atoms with E-state index in [2.05, 4.69) is 4.98 Å². The van der Waals surface area contributed by atoms with Crippen molar-refractivity contribution in [1.29, 1.82) is 0 Å². The van der Waals surface area contributed by atoms with E-state index in [-0.39, 0.29) is 0 Å². The molecule has 1 aromatic heterocycles. The summed E-state index contributed by atoms with van der Waals surface area (Å²) in [7, 11) is 0. The molecule has 3 nitrogen and oxygen atoms in total. The molecule has 2 N–H and O–H groups in total. The maximum absolute atomic E-state index is 11.5. The molecule has 0 aliphatic carbocycles. The first-order valence-electron chi connectivity index (χ1n) is 5.43. The van der Waals surface area contributed by atoms with Gasteiger partial charge in [-0.2, -0.15) is 0 Å². The van der Waals surface area contributed by atoms with E-state index in [1.807, 2.05) is 12.1 Å². The first-order valence-corrected chi connectivity index (χ1v) is 5.43. The first-order chi connectivity index (χ1) is 7.33. The number of hydrogen-bond donors (Lipinski definition) is 1. The molecule has 0 fully saturated rings. The standard InChI is InChI=1S/C12H18N2O/c13-7-3-1-2-4-12(15)10-11-5-8-14-9-6-11/h5-6,8-9H,1-4,7,10,13H2. The van der Waals surface area contributed by atoms with Crippen molar-refractivity contribution in [2.24, 2.45) is 5.73 Å². The topological polar surface area (TPSA) is 56.0 Å². The van der Waals surface area contributed by atoms with Crippen LogP contribution in [0.5, 0.6) is 0 Å². The Labute approximate surface area is 90.7 Å². The molecule has 1 aromatic rings. The largest absolute Gasteiger partial charge is 0.330 e. The number of ketones is 1. The zero-order chi connectivity index (χ0) is 10.9. The van der Waals surface area contributed by atoms with Crippen molar-refractivity contribution in [3.05, 3.63) is 30.1 Å². The third-order valence-electron chi connectivity index (χ3n) is 2.31. The average Bonchev–Trinajstić information content (AvgIpc) is 2.26. The lowest BCUT2D eigenvalue weighted by atomic mass is 10.1. The highest BCUT2D eigenvalue weighted by atomic mass is 16.1. The second kappa shape index (κ2) is 7.12. The van der Waals surface area contributed by atoms with Gasteiger partial charge in [-0.05, 0) is 37.1 Å². The van der Waals surface area contributed by atoms with E-state index < -0.39 is 0 Å². The van der Waals surface area contributed by atoms with Crippen LogP contribution >= 0.6 is 0 Å². The van der Waals surface area contributed by atoms with E-state index in [1.54, 1.807) is 12.4 Å². The van der Waals surface area contributed by atoms with Gasteiger partial charge in [-0.15, -0.1) is 0 Å². The Bertz CT molecular complexity index is 285. The minimum Gasteiger partial charge on any atom is -0.330 e. The predicted molar refractivity (Wildman–Crippen MR) is 60.5 cm³/mol. The molecule has 0 unspecified atom stereocenters. The second-order valence-corrected chi connectivity index (χ2v) is 3.67. The smallest absolute Gasteiger partial charge is 0.137 e. The highest BCUT2D eigenvalue weighted by molar-refractivity contribution is 5.80. The molecule has 0 atom stereocenters. The third kappa shape index (κ3) is 5.27. The van der Waals surface area contributed by atoms with Crippen LogP contribution in [0.15, 0.2) is 24.5 Å². The number of hydrogen-bond acceptors (Lipinski definition) is 3. The molecule has 15 heavy (non-hydrogen) atoms. The highest BCUT2D eigenvalue weighted by Gasteiger charge is 2.02. The van der Waals surface area contributed by atoms with E-state index in [0.717, 1.165) is 31.4 Å². The van der Waals surface area contributed by atoms with Crippen LogP contribution in [-0.4, -0.2) is 17.3 Å². The van der Waals surface area contributed by atoms with Gasteiger partial charge in [-0.25, -0.2) is 0 Å². The lowest BCUT2D eigenvalue weighted by Gasteiger charge is -2.00. The van der Waals surface area contributed by atoms with Gasteiger partial charge in [0, 0.05) is 25.2 Å². The summed E-state index contributed by atoms with van der Waals surface area (Å²) in [6, 6.07) is 3.77. The molecular weight excluding hydrogens is 188 g/mol. The van der Waals surface area contributed by atoms with Gasteiger partial charge in [0.25, 0.3) is 0 Å². The van der Waals surface area contributed by atoms with E-state index in [4.69, 9.17) is 5.73 Å². The Morgan fingerprint density at radius 2 is 1.93 bits per heavy atom. The lowest BCUT2D eigenvalue weighted by Crippen LogP contribution is -2.03. The van der Waals surface area contributed by atoms with Crippen LogP contribution in [0.3, 0.4) is 0 Å². The van der Waals surface area contributed by atoms with Crippen LogP contribution in [0.4, 0.5) is 0 Å². The molecule has 0 saturated heterocycles. The first kappa shape index (κ1) is 11.9. The summed E-state index contributed by atoms with van der Waals surface area (Å²) >= 11 is 0. The number of pyridine rings is 1. The summed E-state index contributed by atoms with van der Waals surface area (Å²) in [6.07, 6.45) is 7.67. The maximum atomic E-state index is 11.5. The molecule has 0 aliphatic heterocycles. The molecule has 0 radical (unpaired) electrons. The average molecular weight is 206 g/mol. The van der Waals surface area contributed by atoms with Crippen LogP contribution < -0.4 is 5.73 Å². The van der Waals surface area contributed by atoms with Gasteiger partial charge in [0.05, 0.1) is 0 Å². The molecule has 1 heterocycles. The fourth-order valence-electron chi connectivity index (χ4n) is 1.46. The van der Waals surface area contributed by atoms with Crippen molar-refractivity contribution in [3.8, 4) is 0 Å². The number of nitrogens with two attached hydrogens (primary N) is 1. The molecule has 0 bridgehead atoms. The molecule has 0 aromatic carbocycles. The van der Waals surface area contributed by atoms with Crippen molar-refractivity contribution >= 4 is 5.78 Å². The van der Waals surface area contributed by atoms with Crippen LogP contribution in [0.25, 0.3) is 0 Å². The highest BCUT2D eigenvalue weighted by Crippen LogP contribution is 2.04. The predicted octanol–water partition coefficient (Wildman–Crippen LogP) is 1.71. The fraction of sp³-hybridized carbons (Fsp3) is 0.500. The summed E-state index contributed by atoms with van der Waals surface area (Å²) in [4.78, 5) is 15.4. The Morgan fingerprint density at radius 1 is 1.20 bits per heavy atom. The van der Waals surface area contributed by atoms with E-state index in [9.17, 15) is 4.79 Å². The van der Waals surface area contributed by atoms with Crippen molar-refractivity contribution in [1.82, 2.24) is 4.98 Å². The number of unbranched alkanes of at least 4 members (excludes halogenated alkanes) is 2. The maximum Gasteiger partial charge on any atom is 0.137 e. The van der Waals surface area contributed by atoms with Crippen molar-refractivity contribution in [2.75, 3.05) is 6.54 Å². The number of rotatable bonds is 7. The Morgan fingerprint density at radius 3 is 2.60 bits per heavy atom. The molecule has 0 spiro atoms. The van der Waals surface area contributed by atoms with Crippen molar-refractivity contribution in [2.45, 2.75) is 32.1 Å². The Balaban J connectivity index is 2.19. The minimum absolute atomic E-state index is 0.304. The van der Waals surface area contributed by atoms with Crippen molar-refractivity contribution in [3.63, 3.8) is 0 Å². The SMILES string of the molecule is NCCCCCC(=O)Cc1ccncc1. The van der Waals surface area contributed by atoms with Gasteiger partial charge in [-0.1, -0.05) is 6.42 Å². The van der Waals surface area contributed by atoms with Crippen LogP contribution in [0.1, 0.15) is 31.2 Å². The van der Waals surface area contributed by atoms with E-state index in [1.165, 1.54) is 0 Å². The van der Waals surface area contributed by atoms with Gasteiger partial charge in [0.1, 0.15) is 5.78 Å². The zero-order valence-electron chi connectivity index (χ0n) is 8.98. The number of Topliss-reactive ketones (excluding diaryl/α,β-unsaturated/α-hetero) is 1. The molecule has 0 aliphatic rings. The Hall–Kier alpha value is -1.22. The van der Waals surface area contributed by atoms with E-state index >= 15 is 0 Å². The van der Waals surface area contributed by atoms with Gasteiger partial charge in [-0.3, -0.25) is 9.78 Å². The summed E-state index contributed by atoms with van der Waals surface area (Å²) in [5.41, 5.74) is 6.43. The normalized spacial score (nSPS) is 10.2. The third-order valence-corrected chi connectivity index (χ3v) is 2.31. The number of aromatic nitrogens is 1. The molecule has 0 amide bonds. The van der Waals surface area contributed by atoms with Crippen molar-refractivity contribution < 1.29 is 4.79 Å². The monoisotopic (exact) mass is 206 g/mol. The molecular formula is C12H18N2O. The number of nitrogens with zero attached hydrogens (tertiary/aromatic N) is 1. The van der Waals surface area contributed by atoms with Crippen LogP contribution in [0, 0.1) is 0 Å². The van der Waals surface area contributed by atoms with Crippen LogP contribution in [0.2, 0.25) is 0 Å². The molecule has 0 saturated carbocycles. The van der Waals surface area contributed by atoms with Gasteiger partial charge >= 0.3 is 0 Å². The lowest BCUT2D eigenvalue weighted by molar-refractivity contribution is -0.118. The zero-order valence-corrected chi connectivity index (χ0v) is 8.98. The van der Waals surface area contributed by atoms with Gasteiger partial charge in [0.15, 0.2) is 0 Å².